The SMILES string of the molecule is CC(C)(CNc1ccc(Br)cn1)c1ccc(F)cc1. The van der Waals surface area contributed by atoms with Gasteiger partial charge in [0.25, 0.3) is 0 Å². The molecule has 1 N–H and O–H groups in total. The lowest BCUT2D eigenvalue weighted by molar-refractivity contribution is 0.552. The van der Waals surface area contributed by atoms with E-state index < -0.39 is 0 Å². The van der Waals surface area contributed by atoms with Crippen molar-refractivity contribution in [1.29, 1.82) is 0 Å². The summed E-state index contributed by atoms with van der Waals surface area (Å²) in [7, 11) is 0. The summed E-state index contributed by atoms with van der Waals surface area (Å²) < 4.78 is 13.9. The molecule has 0 aliphatic carbocycles. The number of anilines is 1. The molecule has 2 aromatic rings. The van der Waals surface area contributed by atoms with E-state index in [9.17, 15) is 4.39 Å². The second kappa shape index (κ2) is 5.70. The number of hydrogen-bond donors (Lipinski definition) is 1. The minimum atomic E-state index is -0.206. The van der Waals surface area contributed by atoms with Crippen LogP contribution < -0.4 is 5.32 Å². The van der Waals surface area contributed by atoms with Crippen LogP contribution in [0.3, 0.4) is 0 Å². The summed E-state index contributed by atoms with van der Waals surface area (Å²) in [5.74, 6) is 0.625. The summed E-state index contributed by atoms with van der Waals surface area (Å²) in [6.45, 7) is 4.96. The van der Waals surface area contributed by atoms with E-state index >= 15 is 0 Å². The van der Waals surface area contributed by atoms with Gasteiger partial charge >= 0.3 is 0 Å². The zero-order chi connectivity index (χ0) is 13.9. The zero-order valence-corrected chi connectivity index (χ0v) is 12.5. The maximum absolute atomic E-state index is 12.9. The predicted molar refractivity (Wildman–Crippen MR) is 79.9 cm³/mol. The van der Waals surface area contributed by atoms with Gasteiger partial charge in [-0.05, 0) is 45.8 Å². The van der Waals surface area contributed by atoms with Gasteiger partial charge in [-0.2, -0.15) is 0 Å². The third kappa shape index (κ3) is 3.77. The molecule has 0 aliphatic heterocycles. The first-order chi connectivity index (χ1) is 8.97. The van der Waals surface area contributed by atoms with Crippen LogP contribution in [0.25, 0.3) is 0 Å². The molecular weight excluding hydrogens is 307 g/mol. The fraction of sp³-hybridized carbons (Fsp3) is 0.267. The highest BCUT2D eigenvalue weighted by Crippen LogP contribution is 2.24. The molecule has 0 radical (unpaired) electrons. The van der Waals surface area contributed by atoms with E-state index in [-0.39, 0.29) is 11.2 Å². The molecule has 4 heteroatoms. The van der Waals surface area contributed by atoms with Gasteiger partial charge in [0.15, 0.2) is 0 Å². The fourth-order valence-corrected chi connectivity index (χ4v) is 2.03. The number of nitrogens with one attached hydrogen (secondary N) is 1. The maximum atomic E-state index is 12.9. The molecular formula is C15H16BrFN2. The fourth-order valence-electron chi connectivity index (χ4n) is 1.80. The highest BCUT2D eigenvalue weighted by atomic mass is 79.9. The quantitative estimate of drug-likeness (QED) is 0.903. The van der Waals surface area contributed by atoms with E-state index in [1.54, 1.807) is 6.20 Å². The Morgan fingerprint density at radius 1 is 1.16 bits per heavy atom. The van der Waals surface area contributed by atoms with Gasteiger partial charge in [0.2, 0.25) is 0 Å². The van der Waals surface area contributed by atoms with Crippen LogP contribution >= 0.6 is 15.9 Å². The van der Waals surface area contributed by atoms with E-state index in [0.717, 1.165) is 22.4 Å². The Balaban J connectivity index is 2.04. The van der Waals surface area contributed by atoms with Gasteiger partial charge < -0.3 is 5.32 Å². The van der Waals surface area contributed by atoms with Crippen molar-refractivity contribution in [2.45, 2.75) is 19.3 Å². The minimum Gasteiger partial charge on any atom is -0.369 e. The Morgan fingerprint density at radius 3 is 2.42 bits per heavy atom. The lowest BCUT2D eigenvalue weighted by Gasteiger charge is -2.26. The van der Waals surface area contributed by atoms with Crippen LogP contribution in [-0.4, -0.2) is 11.5 Å². The average Bonchev–Trinajstić information content (AvgIpc) is 2.39. The van der Waals surface area contributed by atoms with Gasteiger partial charge in [0, 0.05) is 22.6 Å². The van der Waals surface area contributed by atoms with Crippen molar-refractivity contribution in [2.24, 2.45) is 0 Å². The number of hydrogen-bond acceptors (Lipinski definition) is 2. The first kappa shape index (κ1) is 14.0. The highest BCUT2D eigenvalue weighted by Gasteiger charge is 2.20. The van der Waals surface area contributed by atoms with Gasteiger partial charge in [0.05, 0.1) is 0 Å². The number of halogens is 2. The summed E-state index contributed by atoms with van der Waals surface area (Å²) in [6, 6.07) is 10.5. The molecule has 0 saturated carbocycles. The predicted octanol–water partition coefficient (Wildman–Crippen LogP) is 4.37. The number of aromatic nitrogens is 1. The second-order valence-corrected chi connectivity index (χ2v) is 6.02. The Hall–Kier alpha value is -1.42. The van der Waals surface area contributed by atoms with Crippen molar-refractivity contribution in [1.82, 2.24) is 4.98 Å². The van der Waals surface area contributed by atoms with Crippen LogP contribution in [0.5, 0.6) is 0 Å². The first-order valence-corrected chi connectivity index (χ1v) is 6.88. The van der Waals surface area contributed by atoms with Gasteiger partial charge in [-0.15, -0.1) is 0 Å². The van der Waals surface area contributed by atoms with Crippen molar-refractivity contribution in [3.63, 3.8) is 0 Å². The molecule has 0 aliphatic rings. The van der Waals surface area contributed by atoms with Crippen LogP contribution in [0.4, 0.5) is 10.2 Å². The molecule has 0 unspecified atom stereocenters. The molecule has 1 aromatic heterocycles. The lowest BCUT2D eigenvalue weighted by Crippen LogP contribution is -2.27. The topological polar surface area (TPSA) is 24.9 Å². The molecule has 19 heavy (non-hydrogen) atoms. The smallest absolute Gasteiger partial charge is 0.125 e. The molecule has 0 fully saturated rings. The second-order valence-electron chi connectivity index (χ2n) is 5.11. The summed E-state index contributed by atoms with van der Waals surface area (Å²) in [6.07, 6.45) is 1.76. The van der Waals surface area contributed by atoms with Crippen LogP contribution in [0.15, 0.2) is 47.1 Å². The number of benzene rings is 1. The first-order valence-electron chi connectivity index (χ1n) is 6.09. The highest BCUT2D eigenvalue weighted by molar-refractivity contribution is 9.10. The minimum absolute atomic E-state index is 0.0948. The molecule has 0 bridgehead atoms. The molecule has 0 saturated heterocycles. The van der Waals surface area contributed by atoms with Crippen LogP contribution in [0.1, 0.15) is 19.4 Å². The van der Waals surface area contributed by atoms with Crippen LogP contribution in [0, 0.1) is 5.82 Å². The third-order valence-electron chi connectivity index (χ3n) is 3.06. The lowest BCUT2D eigenvalue weighted by atomic mass is 9.84. The molecule has 2 rings (SSSR count). The summed E-state index contributed by atoms with van der Waals surface area (Å²) >= 11 is 3.35. The molecule has 0 atom stereocenters. The largest absolute Gasteiger partial charge is 0.369 e. The molecule has 2 nitrogen and oxygen atoms in total. The van der Waals surface area contributed by atoms with E-state index in [1.807, 2.05) is 24.3 Å². The normalized spacial score (nSPS) is 11.4. The summed E-state index contributed by atoms with van der Waals surface area (Å²) in [5, 5.41) is 3.30. The van der Waals surface area contributed by atoms with Crippen LogP contribution in [-0.2, 0) is 5.41 Å². The van der Waals surface area contributed by atoms with E-state index in [2.05, 4.69) is 40.1 Å². The van der Waals surface area contributed by atoms with E-state index in [4.69, 9.17) is 0 Å². The van der Waals surface area contributed by atoms with E-state index in [0.29, 0.717) is 0 Å². The van der Waals surface area contributed by atoms with Gasteiger partial charge in [-0.25, -0.2) is 9.37 Å². The number of rotatable bonds is 4. The number of pyridine rings is 1. The molecule has 100 valence electrons. The maximum Gasteiger partial charge on any atom is 0.125 e. The molecule has 1 heterocycles. The summed E-state index contributed by atoms with van der Waals surface area (Å²) in [4.78, 5) is 4.27. The van der Waals surface area contributed by atoms with Crippen molar-refractivity contribution in [2.75, 3.05) is 11.9 Å². The van der Waals surface area contributed by atoms with Crippen LogP contribution in [0.2, 0.25) is 0 Å². The van der Waals surface area contributed by atoms with Crippen molar-refractivity contribution < 1.29 is 4.39 Å². The molecule has 0 amide bonds. The average molecular weight is 323 g/mol. The van der Waals surface area contributed by atoms with E-state index in [1.165, 1.54) is 12.1 Å². The molecule has 1 aromatic carbocycles. The number of nitrogens with zero attached hydrogens (tertiary/aromatic N) is 1. The summed E-state index contributed by atoms with van der Waals surface area (Å²) in [5.41, 5.74) is 1.00. The van der Waals surface area contributed by atoms with Gasteiger partial charge in [-0.3, -0.25) is 0 Å². The third-order valence-corrected chi connectivity index (χ3v) is 3.53. The van der Waals surface area contributed by atoms with Crippen molar-refractivity contribution in [3.8, 4) is 0 Å². The Kier molecular flexibility index (Phi) is 4.20. The van der Waals surface area contributed by atoms with Gasteiger partial charge in [0.1, 0.15) is 11.6 Å². The standard InChI is InChI=1S/C15H16BrFN2/c1-15(2,11-3-6-13(17)7-4-11)10-19-14-8-5-12(16)9-18-14/h3-9H,10H2,1-2H3,(H,18,19). The van der Waals surface area contributed by atoms with Crippen molar-refractivity contribution in [3.05, 3.63) is 58.4 Å². The Labute approximate surface area is 121 Å². The van der Waals surface area contributed by atoms with Gasteiger partial charge in [-0.1, -0.05) is 26.0 Å². The monoisotopic (exact) mass is 322 g/mol. The Bertz CT molecular complexity index is 535. The molecule has 0 spiro atoms. The van der Waals surface area contributed by atoms with Crippen molar-refractivity contribution >= 4 is 21.7 Å². The Morgan fingerprint density at radius 2 is 1.84 bits per heavy atom. The zero-order valence-electron chi connectivity index (χ0n) is 11.0.